The molecule has 0 bridgehead atoms. The smallest absolute Gasteiger partial charge is 0.354 e. The van der Waals surface area contributed by atoms with E-state index < -0.39 is 16.0 Å². The lowest BCUT2D eigenvalue weighted by atomic mass is 10.1. The van der Waals surface area contributed by atoms with Gasteiger partial charge >= 0.3 is 5.97 Å². The predicted octanol–water partition coefficient (Wildman–Crippen LogP) is 4.29. The second-order valence-electron chi connectivity index (χ2n) is 5.74. The third-order valence-electron chi connectivity index (χ3n) is 3.67. The molecule has 0 atom stereocenters. The van der Waals surface area contributed by atoms with Crippen molar-refractivity contribution in [3.05, 3.63) is 87.7 Å². The Hall–Kier alpha value is -3.05. The highest BCUT2D eigenvalue weighted by molar-refractivity contribution is 7.92. The van der Waals surface area contributed by atoms with Gasteiger partial charge in [0.2, 0.25) is 0 Å². The van der Waals surface area contributed by atoms with Gasteiger partial charge < -0.3 is 5.11 Å². The number of nitrogens with zero attached hydrogens (tertiary/aromatic N) is 1. The van der Waals surface area contributed by atoms with Gasteiger partial charge in [-0.2, -0.15) is 0 Å². The van der Waals surface area contributed by atoms with E-state index in [4.69, 9.17) is 28.3 Å². The van der Waals surface area contributed by atoms with Gasteiger partial charge in [-0.15, -0.1) is 0 Å². The molecule has 0 spiro atoms. The van der Waals surface area contributed by atoms with Gasteiger partial charge in [0.15, 0.2) is 0 Å². The van der Waals surface area contributed by atoms with E-state index in [1.165, 1.54) is 60.8 Å². The summed E-state index contributed by atoms with van der Waals surface area (Å²) in [7, 11) is -3.86. The fraction of sp³-hybridized carbons (Fsp3) is 0. The maximum Gasteiger partial charge on any atom is 0.354 e. The number of carboxylic acid groups (broad SMARTS) is 1. The van der Waals surface area contributed by atoms with Crippen LogP contribution in [-0.2, 0) is 10.0 Å². The zero-order valence-corrected chi connectivity index (χ0v) is 16.9. The molecular formula is C20H12Cl2N2O4S. The SMILES string of the molecule is O=C(O)c1ccc(C#Cc2cc(Cl)ccc2NS(=O)(=O)c2ccc(Cl)cc2)cn1. The van der Waals surface area contributed by atoms with Crippen molar-refractivity contribution in [2.45, 2.75) is 4.90 Å². The lowest BCUT2D eigenvalue weighted by Crippen LogP contribution is -2.13. The van der Waals surface area contributed by atoms with Crippen molar-refractivity contribution < 1.29 is 18.3 Å². The third kappa shape index (κ3) is 5.27. The Morgan fingerprint density at radius 3 is 2.28 bits per heavy atom. The molecule has 0 aliphatic heterocycles. The molecular weight excluding hydrogens is 435 g/mol. The van der Waals surface area contributed by atoms with Crippen LogP contribution in [0, 0.1) is 11.8 Å². The van der Waals surface area contributed by atoms with E-state index in [9.17, 15) is 13.2 Å². The number of aromatic carboxylic acids is 1. The van der Waals surface area contributed by atoms with E-state index in [0.717, 1.165) is 0 Å². The van der Waals surface area contributed by atoms with Crippen LogP contribution < -0.4 is 4.72 Å². The van der Waals surface area contributed by atoms with Gasteiger partial charge in [-0.25, -0.2) is 18.2 Å². The average molecular weight is 447 g/mol. The number of pyridine rings is 1. The highest BCUT2D eigenvalue weighted by atomic mass is 35.5. The molecule has 1 aromatic heterocycles. The minimum atomic E-state index is -3.86. The van der Waals surface area contributed by atoms with Crippen molar-refractivity contribution in [1.29, 1.82) is 0 Å². The van der Waals surface area contributed by atoms with Crippen LogP contribution >= 0.6 is 23.2 Å². The fourth-order valence-corrected chi connectivity index (χ4v) is 3.64. The fourth-order valence-electron chi connectivity index (χ4n) is 2.26. The Morgan fingerprint density at radius 2 is 1.66 bits per heavy atom. The lowest BCUT2D eigenvalue weighted by Gasteiger charge is -2.10. The summed E-state index contributed by atoms with van der Waals surface area (Å²) in [4.78, 5) is 14.7. The molecule has 3 rings (SSSR count). The maximum atomic E-state index is 12.6. The van der Waals surface area contributed by atoms with Gasteiger partial charge in [0.05, 0.1) is 16.1 Å². The first-order chi connectivity index (χ1) is 13.7. The van der Waals surface area contributed by atoms with E-state index in [-0.39, 0.29) is 16.3 Å². The molecule has 0 amide bonds. The molecule has 0 saturated heterocycles. The Balaban J connectivity index is 1.93. The highest BCUT2D eigenvalue weighted by Crippen LogP contribution is 2.24. The van der Waals surface area contributed by atoms with Crippen LogP contribution in [0.2, 0.25) is 10.0 Å². The van der Waals surface area contributed by atoms with Gasteiger partial charge in [-0.3, -0.25) is 4.72 Å². The number of hydrogen-bond acceptors (Lipinski definition) is 4. The monoisotopic (exact) mass is 446 g/mol. The van der Waals surface area contributed by atoms with Crippen LogP contribution in [0.25, 0.3) is 0 Å². The molecule has 2 aromatic carbocycles. The van der Waals surface area contributed by atoms with Crippen molar-refractivity contribution in [3.8, 4) is 11.8 Å². The van der Waals surface area contributed by atoms with E-state index >= 15 is 0 Å². The number of halogens is 2. The summed E-state index contributed by atoms with van der Waals surface area (Å²) < 4.78 is 27.7. The summed E-state index contributed by atoms with van der Waals surface area (Å²) in [5.41, 5.74) is 0.945. The Kier molecular flexibility index (Phi) is 6.09. The summed E-state index contributed by atoms with van der Waals surface area (Å²) in [5.74, 6) is 4.50. The molecule has 146 valence electrons. The van der Waals surface area contributed by atoms with Crippen LogP contribution in [0.4, 0.5) is 5.69 Å². The van der Waals surface area contributed by atoms with Gasteiger partial charge in [0, 0.05) is 21.8 Å². The molecule has 0 fully saturated rings. The van der Waals surface area contributed by atoms with Gasteiger partial charge in [0.25, 0.3) is 10.0 Å². The van der Waals surface area contributed by atoms with Gasteiger partial charge in [-0.1, -0.05) is 35.0 Å². The predicted molar refractivity (Wildman–Crippen MR) is 111 cm³/mol. The number of carbonyl (C=O) groups is 1. The van der Waals surface area contributed by atoms with E-state index in [0.29, 0.717) is 21.2 Å². The lowest BCUT2D eigenvalue weighted by molar-refractivity contribution is 0.0690. The van der Waals surface area contributed by atoms with Gasteiger partial charge in [-0.05, 0) is 54.6 Å². The van der Waals surface area contributed by atoms with E-state index in [1.807, 2.05) is 0 Å². The van der Waals surface area contributed by atoms with Crippen molar-refractivity contribution in [2.24, 2.45) is 0 Å². The Morgan fingerprint density at radius 1 is 0.966 bits per heavy atom. The number of carboxylic acids is 1. The Labute approximate surface area is 177 Å². The number of hydrogen-bond donors (Lipinski definition) is 2. The summed E-state index contributed by atoms with van der Waals surface area (Å²) in [5, 5.41) is 9.68. The average Bonchev–Trinajstić information content (AvgIpc) is 2.68. The molecule has 0 unspecified atom stereocenters. The summed E-state index contributed by atoms with van der Waals surface area (Å²) in [6.45, 7) is 0. The maximum absolute atomic E-state index is 12.6. The first-order valence-electron chi connectivity index (χ1n) is 8.04. The summed E-state index contributed by atoms with van der Waals surface area (Å²) >= 11 is 11.8. The third-order valence-corrected chi connectivity index (χ3v) is 5.54. The molecule has 0 saturated carbocycles. The van der Waals surface area contributed by atoms with E-state index in [2.05, 4.69) is 21.5 Å². The van der Waals surface area contributed by atoms with Crippen LogP contribution in [0.15, 0.2) is 65.7 Å². The summed E-state index contributed by atoms with van der Waals surface area (Å²) in [6.07, 6.45) is 1.32. The van der Waals surface area contributed by atoms with Crippen LogP contribution in [-0.4, -0.2) is 24.5 Å². The van der Waals surface area contributed by atoms with Crippen LogP contribution in [0.5, 0.6) is 0 Å². The molecule has 0 aliphatic rings. The minimum absolute atomic E-state index is 0.0456. The Bertz CT molecular complexity index is 1230. The first kappa shape index (κ1) is 20.7. The molecule has 3 aromatic rings. The van der Waals surface area contributed by atoms with Crippen molar-refractivity contribution in [2.75, 3.05) is 4.72 Å². The molecule has 1 heterocycles. The quantitative estimate of drug-likeness (QED) is 0.582. The number of aromatic nitrogens is 1. The van der Waals surface area contributed by atoms with E-state index in [1.54, 1.807) is 0 Å². The zero-order valence-electron chi connectivity index (χ0n) is 14.6. The molecule has 6 nitrogen and oxygen atoms in total. The number of nitrogens with one attached hydrogen (secondary N) is 1. The minimum Gasteiger partial charge on any atom is -0.477 e. The first-order valence-corrected chi connectivity index (χ1v) is 10.3. The summed E-state index contributed by atoms with van der Waals surface area (Å²) in [6, 6.07) is 13.1. The van der Waals surface area contributed by atoms with Crippen molar-refractivity contribution >= 4 is 44.9 Å². The molecule has 9 heteroatoms. The topological polar surface area (TPSA) is 96.4 Å². The van der Waals surface area contributed by atoms with Gasteiger partial charge in [0.1, 0.15) is 5.69 Å². The molecule has 2 N–H and O–H groups in total. The normalized spacial score (nSPS) is 10.7. The number of benzene rings is 2. The largest absolute Gasteiger partial charge is 0.477 e. The van der Waals surface area contributed by atoms with Crippen molar-refractivity contribution in [3.63, 3.8) is 0 Å². The highest BCUT2D eigenvalue weighted by Gasteiger charge is 2.16. The van der Waals surface area contributed by atoms with Crippen LogP contribution in [0.3, 0.4) is 0 Å². The number of sulfonamides is 1. The number of anilines is 1. The second-order valence-corrected chi connectivity index (χ2v) is 8.29. The molecule has 0 radical (unpaired) electrons. The zero-order chi connectivity index (χ0) is 21.0. The molecule has 0 aliphatic carbocycles. The van der Waals surface area contributed by atoms with Crippen molar-refractivity contribution in [1.82, 2.24) is 4.98 Å². The molecule has 29 heavy (non-hydrogen) atoms. The standard InChI is InChI=1S/C20H12Cl2N2O4S/c21-15-4-7-17(8-5-15)29(27,28)24-18-10-6-16(22)11-14(18)3-1-13-2-9-19(20(25)26)23-12-13/h2,4-12,24H,(H,25,26). The van der Waals surface area contributed by atoms with Crippen LogP contribution in [0.1, 0.15) is 21.6 Å². The second kappa shape index (κ2) is 8.53. The number of rotatable bonds is 4.